The van der Waals surface area contributed by atoms with Gasteiger partial charge in [0, 0.05) is 11.1 Å². The van der Waals surface area contributed by atoms with Gasteiger partial charge in [-0.1, -0.05) is 30.3 Å². The number of benzene rings is 2. The quantitative estimate of drug-likeness (QED) is 0.187. The van der Waals surface area contributed by atoms with Crippen molar-refractivity contribution in [3.05, 3.63) is 71.0 Å². The van der Waals surface area contributed by atoms with E-state index in [0.717, 1.165) is 0 Å². The number of nitrogens with one attached hydrogen (secondary N) is 1. The van der Waals surface area contributed by atoms with Gasteiger partial charge in [0.25, 0.3) is 0 Å². The topological polar surface area (TPSA) is 126 Å². The zero-order valence-corrected chi connectivity index (χ0v) is 21.7. The van der Waals surface area contributed by atoms with Crippen LogP contribution in [0, 0.1) is 5.82 Å². The number of aliphatic hydroxyl groups excluding tert-OH is 1. The monoisotopic (exact) mass is 550 g/mol. The third kappa shape index (κ3) is 11.3. The molecule has 2 aromatic rings. The summed E-state index contributed by atoms with van der Waals surface area (Å²) < 4.78 is 45.9. The van der Waals surface area contributed by atoms with Crippen LogP contribution < -0.4 is 5.48 Å². The molecular formula is C27H35FN2O9. The molecule has 0 spiro atoms. The van der Waals surface area contributed by atoms with Crippen molar-refractivity contribution in [1.29, 1.82) is 0 Å². The van der Waals surface area contributed by atoms with Crippen molar-refractivity contribution in [3.63, 3.8) is 0 Å². The van der Waals surface area contributed by atoms with Gasteiger partial charge in [0.15, 0.2) is 5.84 Å². The van der Waals surface area contributed by atoms with Crippen LogP contribution in [0.3, 0.4) is 0 Å². The summed E-state index contributed by atoms with van der Waals surface area (Å²) in [6.07, 6.45) is -0.820. The van der Waals surface area contributed by atoms with Gasteiger partial charge in [-0.2, -0.15) is 0 Å². The van der Waals surface area contributed by atoms with Crippen LogP contribution in [0.1, 0.15) is 27.7 Å². The van der Waals surface area contributed by atoms with E-state index in [1.54, 1.807) is 42.5 Å². The average Bonchev–Trinajstić information content (AvgIpc) is 3.45. The molecule has 0 fully saturated rings. The smallest absolute Gasteiger partial charge is 0.338 e. The van der Waals surface area contributed by atoms with Crippen LogP contribution in [-0.2, 0) is 33.3 Å². The number of carbonyl (C=O) groups is 1. The molecule has 0 saturated heterocycles. The van der Waals surface area contributed by atoms with Gasteiger partial charge >= 0.3 is 5.97 Å². The molecular weight excluding hydrogens is 515 g/mol. The van der Waals surface area contributed by atoms with Crippen molar-refractivity contribution in [2.24, 2.45) is 4.99 Å². The van der Waals surface area contributed by atoms with Gasteiger partial charge in [0.2, 0.25) is 6.23 Å². The zero-order chi connectivity index (χ0) is 27.5. The summed E-state index contributed by atoms with van der Waals surface area (Å²) in [7, 11) is 0. The Morgan fingerprint density at radius 1 is 0.821 bits per heavy atom. The minimum atomic E-state index is -0.820. The second kappa shape index (κ2) is 18.3. The number of aliphatic hydroxyl groups is 1. The molecule has 12 heteroatoms. The maximum atomic E-state index is 14.0. The zero-order valence-electron chi connectivity index (χ0n) is 21.7. The first kappa shape index (κ1) is 30.6. The Kier molecular flexibility index (Phi) is 14.4. The Morgan fingerprint density at radius 3 is 2.03 bits per heavy atom. The molecule has 0 bridgehead atoms. The first-order valence-electron chi connectivity index (χ1n) is 12.7. The van der Waals surface area contributed by atoms with Crippen LogP contribution in [0.5, 0.6) is 0 Å². The van der Waals surface area contributed by atoms with E-state index in [4.69, 9.17) is 38.4 Å². The largest absolute Gasteiger partial charge is 0.460 e. The van der Waals surface area contributed by atoms with E-state index in [1.165, 1.54) is 6.07 Å². The first-order valence-corrected chi connectivity index (χ1v) is 12.7. The number of aliphatic imine (C=N–C) groups is 1. The molecule has 0 aliphatic carbocycles. The van der Waals surface area contributed by atoms with Crippen LogP contribution in [0.2, 0.25) is 0 Å². The predicted molar refractivity (Wildman–Crippen MR) is 138 cm³/mol. The van der Waals surface area contributed by atoms with Crippen LogP contribution in [-0.4, -0.2) is 96.2 Å². The first-order chi connectivity index (χ1) is 19.2. The third-order valence-electron chi connectivity index (χ3n) is 5.24. The van der Waals surface area contributed by atoms with Gasteiger partial charge in [-0.15, -0.1) is 0 Å². The molecule has 0 saturated carbocycles. The van der Waals surface area contributed by atoms with Crippen molar-refractivity contribution < 1.29 is 47.6 Å². The highest BCUT2D eigenvalue weighted by Gasteiger charge is 2.24. The Morgan fingerprint density at radius 2 is 1.41 bits per heavy atom. The van der Waals surface area contributed by atoms with Crippen LogP contribution in [0.15, 0.2) is 53.5 Å². The molecule has 0 aromatic heterocycles. The number of carbonyl (C=O) groups excluding carboxylic acids is 1. The molecule has 11 nitrogen and oxygen atoms in total. The average molecular weight is 551 g/mol. The fraction of sp³-hybridized carbons (Fsp3) is 0.481. The predicted octanol–water partition coefficient (Wildman–Crippen LogP) is 2.04. The van der Waals surface area contributed by atoms with E-state index < -0.39 is 18.0 Å². The standard InChI is InChI=1S/C27H35FN2O9/c28-24-7-2-1-6-23(24)26-29-25(30-39-26)21-4-3-5-22(20-21)27(32)38-19-18-37-17-16-36-15-14-35-13-12-34-11-10-33-9-8-31/h1-7,20,26,31H,8-19H2,(H,29,30). The molecule has 1 atom stereocenters. The van der Waals surface area contributed by atoms with Crippen molar-refractivity contribution in [1.82, 2.24) is 5.48 Å². The van der Waals surface area contributed by atoms with E-state index in [1.807, 2.05) is 0 Å². The van der Waals surface area contributed by atoms with Crippen molar-refractivity contribution in [3.8, 4) is 0 Å². The number of amidine groups is 1. The van der Waals surface area contributed by atoms with E-state index in [0.29, 0.717) is 82.0 Å². The van der Waals surface area contributed by atoms with Crippen molar-refractivity contribution >= 4 is 11.8 Å². The summed E-state index contributed by atoms with van der Waals surface area (Å²) in [5.41, 5.74) is 3.96. The van der Waals surface area contributed by atoms with Gasteiger partial charge in [-0.05, 0) is 18.2 Å². The molecule has 3 rings (SSSR count). The van der Waals surface area contributed by atoms with E-state index in [-0.39, 0.29) is 19.8 Å². The Labute approximate surface area is 226 Å². The molecule has 1 heterocycles. The van der Waals surface area contributed by atoms with Crippen molar-refractivity contribution in [2.45, 2.75) is 6.23 Å². The van der Waals surface area contributed by atoms with Crippen LogP contribution in [0.4, 0.5) is 4.39 Å². The molecule has 1 aliphatic rings. The SMILES string of the molecule is O=C(OCCOCCOCCOCCOCCOCCO)c1cccc(C2=NC(c3ccccc3F)ON2)c1. The third-order valence-corrected chi connectivity index (χ3v) is 5.24. The lowest BCUT2D eigenvalue weighted by atomic mass is 10.1. The fourth-order valence-electron chi connectivity index (χ4n) is 3.34. The molecule has 2 N–H and O–H groups in total. The number of esters is 1. The minimum absolute atomic E-state index is 0.00545. The number of halogens is 1. The summed E-state index contributed by atoms with van der Waals surface area (Å²) in [5, 5.41) is 8.57. The Bertz CT molecular complexity index is 1020. The summed E-state index contributed by atoms with van der Waals surface area (Å²) in [6, 6.07) is 13.0. The number of rotatable bonds is 20. The number of hydrogen-bond donors (Lipinski definition) is 2. The van der Waals surface area contributed by atoms with Crippen LogP contribution in [0.25, 0.3) is 0 Å². The fourth-order valence-corrected chi connectivity index (χ4v) is 3.34. The molecule has 1 aliphatic heterocycles. The summed E-state index contributed by atoms with van der Waals surface area (Å²) in [5.74, 6) is -0.522. The maximum Gasteiger partial charge on any atom is 0.338 e. The molecule has 39 heavy (non-hydrogen) atoms. The second-order valence-corrected chi connectivity index (χ2v) is 8.07. The molecule has 2 aromatic carbocycles. The van der Waals surface area contributed by atoms with Crippen molar-refractivity contribution in [2.75, 3.05) is 79.3 Å². The Balaban J connectivity index is 1.22. The maximum absolute atomic E-state index is 14.0. The van der Waals surface area contributed by atoms with E-state index >= 15 is 0 Å². The summed E-state index contributed by atoms with van der Waals surface area (Å²) >= 11 is 0. The molecule has 0 radical (unpaired) electrons. The lowest BCUT2D eigenvalue weighted by molar-refractivity contribution is -0.0167. The molecule has 0 amide bonds. The highest BCUT2D eigenvalue weighted by atomic mass is 19.1. The summed E-state index contributed by atoms with van der Waals surface area (Å²) in [6.45, 7) is 4.10. The molecule has 214 valence electrons. The Hall–Kier alpha value is -2.97. The normalized spacial score (nSPS) is 14.7. The van der Waals surface area contributed by atoms with Crippen LogP contribution >= 0.6 is 0 Å². The number of hydroxylamine groups is 1. The summed E-state index contributed by atoms with van der Waals surface area (Å²) in [4.78, 5) is 22.2. The lowest BCUT2D eigenvalue weighted by Gasteiger charge is -2.08. The van der Waals surface area contributed by atoms with Gasteiger partial charge in [-0.25, -0.2) is 24.5 Å². The minimum Gasteiger partial charge on any atom is -0.460 e. The highest BCUT2D eigenvalue weighted by Crippen LogP contribution is 2.25. The molecule has 1 unspecified atom stereocenters. The van der Waals surface area contributed by atoms with Gasteiger partial charge < -0.3 is 33.5 Å². The van der Waals surface area contributed by atoms with Gasteiger partial charge in [0.05, 0.1) is 78.2 Å². The van der Waals surface area contributed by atoms with Gasteiger partial charge in [-0.3, -0.25) is 0 Å². The second-order valence-electron chi connectivity index (χ2n) is 8.07. The van der Waals surface area contributed by atoms with E-state index in [2.05, 4.69) is 10.5 Å². The van der Waals surface area contributed by atoms with Gasteiger partial charge in [0.1, 0.15) is 12.4 Å². The van der Waals surface area contributed by atoms with E-state index in [9.17, 15) is 9.18 Å². The number of ether oxygens (including phenoxy) is 6. The lowest BCUT2D eigenvalue weighted by Crippen LogP contribution is -2.19. The highest BCUT2D eigenvalue weighted by molar-refractivity contribution is 6.01. The number of nitrogens with zero attached hydrogens (tertiary/aromatic N) is 1. The number of hydrogen-bond acceptors (Lipinski definition) is 11.